The highest BCUT2D eigenvalue weighted by Gasteiger charge is 2.33. The molecule has 2 heterocycles. The molecule has 2 rings (SSSR count). The molecule has 0 aromatic heterocycles. The van der Waals surface area contributed by atoms with Crippen LogP contribution in [0.15, 0.2) is 0 Å². The highest BCUT2D eigenvalue weighted by molar-refractivity contribution is 5.88. The molecule has 1 unspecified atom stereocenters. The summed E-state index contributed by atoms with van der Waals surface area (Å²) in [5.41, 5.74) is 5.87. The van der Waals surface area contributed by atoms with Gasteiger partial charge in [0.25, 0.3) is 0 Å². The number of carbonyl (C=O) groups is 2. The molecule has 21 heavy (non-hydrogen) atoms. The van der Waals surface area contributed by atoms with Crippen molar-refractivity contribution in [3.8, 4) is 0 Å². The lowest BCUT2D eigenvalue weighted by Crippen LogP contribution is -2.58. The van der Waals surface area contributed by atoms with Crippen LogP contribution in [0.5, 0.6) is 0 Å². The van der Waals surface area contributed by atoms with Gasteiger partial charge in [-0.2, -0.15) is 0 Å². The van der Waals surface area contributed by atoms with Gasteiger partial charge in [0.2, 0.25) is 11.8 Å². The van der Waals surface area contributed by atoms with Crippen molar-refractivity contribution in [2.45, 2.75) is 31.8 Å². The van der Waals surface area contributed by atoms with Gasteiger partial charge in [0.15, 0.2) is 0 Å². The highest BCUT2D eigenvalue weighted by atomic mass is 16.5. The van der Waals surface area contributed by atoms with Crippen LogP contribution < -0.4 is 11.1 Å². The number of piperidine rings is 1. The molecule has 2 saturated heterocycles. The predicted octanol–water partition coefficient (Wildman–Crippen LogP) is -1.23. The van der Waals surface area contributed by atoms with E-state index in [0.717, 1.165) is 25.9 Å². The van der Waals surface area contributed by atoms with Gasteiger partial charge in [-0.25, -0.2) is 0 Å². The van der Waals surface area contributed by atoms with E-state index in [1.807, 2.05) is 6.92 Å². The van der Waals surface area contributed by atoms with E-state index >= 15 is 0 Å². The fourth-order valence-electron chi connectivity index (χ4n) is 2.80. The Balaban J connectivity index is 1.90. The average Bonchev–Trinajstić information content (AvgIpc) is 2.50. The van der Waals surface area contributed by atoms with Gasteiger partial charge >= 0.3 is 0 Å². The quantitative estimate of drug-likeness (QED) is 0.679. The van der Waals surface area contributed by atoms with Crippen LogP contribution >= 0.6 is 0 Å². The summed E-state index contributed by atoms with van der Waals surface area (Å²) in [6.45, 7) is 5.74. The summed E-state index contributed by atoms with van der Waals surface area (Å²) in [6.07, 6.45) is 1.85. The van der Waals surface area contributed by atoms with Crippen molar-refractivity contribution in [2.24, 2.45) is 5.73 Å². The highest BCUT2D eigenvalue weighted by Crippen LogP contribution is 2.12. The van der Waals surface area contributed by atoms with Crippen LogP contribution in [0.1, 0.15) is 19.8 Å². The number of hydrogen-bond donors (Lipinski definition) is 2. The second-order valence-corrected chi connectivity index (χ2v) is 5.69. The van der Waals surface area contributed by atoms with Gasteiger partial charge in [-0.05, 0) is 19.8 Å². The Morgan fingerprint density at radius 3 is 2.67 bits per heavy atom. The van der Waals surface area contributed by atoms with E-state index in [1.54, 1.807) is 4.90 Å². The number of hydrogen-bond acceptors (Lipinski definition) is 5. The fourth-order valence-corrected chi connectivity index (χ4v) is 2.80. The molecule has 7 heteroatoms. The Hall–Kier alpha value is -1.18. The third-order valence-corrected chi connectivity index (χ3v) is 4.09. The topological polar surface area (TPSA) is 87.9 Å². The van der Waals surface area contributed by atoms with Crippen molar-refractivity contribution in [3.63, 3.8) is 0 Å². The van der Waals surface area contributed by atoms with Crippen molar-refractivity contribution in [3.05, 3.63) is 0 Å². The maximum Gasteiger partial charge on any atom is 0.245 e. The number of likely N-dealkylation sites (tertiary alicyclic amines) is 1. The van der Waals surface area contributed by atoms with Gasteiger partial charge < -0.3 is 20.7 Å². The van der Waals surface area contributed by atoms with Crippen LogP contribution in [0.4, 0.5) is 0 Å². The molecule has 2 amide bonds. The van der Waals surface area contributed by atoms with Gasteiger partial charge in [0, 0.05) is 32.2 Å². The summed E-state index contributed by atoms with van der Waals surface area (Å²) < 4.78 is 5.35. The number of nitrogens with one attached hydrogen (secondary N) is 1. The third-order valence-electron chi connectivity index (χ3n) is 4.09. The molecule has 0 spiro atoms. The Bertz CT molecular complexity index is 369. The number of carbonyl (C=O) groups excluding carboxylic acids is 2. The van der Waals surface area contributed by atoms with Crippen LogP contribution in [-0.4, -0.2) is 79.6 Å². The summed E-state index contributed by atoms with van der Waals surface area (Å²) in [7, 11) is 0. The van der Waals surface area contributed by atoms with Crippen molar-refractivity contribution in [2.75, 3.05) is 45.9 Å². The van der Waals surface area contributed by atoms with Crippen LogP contribution in [0.3, 0.4) is 0 Å². The molecule has 0 radical (unpaired) electrons. The first-order valence-electron chi connectivity index (χ1n) is 7.74. The summed E-state index contributed by atoms with van der Waals surface area (Å²) >= 11 is 0. The number of ether oxygens (including phenoxy) is 1. The van der Waals surface area contributed by atoms with Crippen LogP contribution in [-0.2, 0) is 14.3 Å². The van der Waals surface area contributed by atoms with Gasteiger partial charge in [-0.15, -0.1) is 0 Å². The lowest BCUT2D eigenvalue weighted by Gasteiger charge is -2.37. The molecule has 2 aliphatic heterocycles. The van der Waals surface area contributed by atoms with Gasteiger partial charge in [0.05, 0.1) is 19.8 Å². The molecule has 3 N–H and O–H groups in total. The molecule has 2 fully saturated rings. The summed E-state index contributed by atoms with van der Waals surface area (Å²) in [5.74, 6) is -0.128. The first kappa shape index (κ1) is 16.2. The van der Waals surface area contributed by atoms with E-state index in [0.29, 0.717) is 26.2 Å². The van der Waals surface area contributed by atoms with E-state index < -0.39 is 6.04 Å². The Morgan fingerprint density at radius 2 is 2.00 bits per heavy atom. The zero-order valence-electron chi connectivity index (χ0n) is 12.7. The lowest BCUT2D eigenvalue weighted by atomic mass is 10.1. The second kappa shape index (κ2) is 7.72. The number of morpholine rings is 1. The number of likely N-dealkylation sites (N-methyl/N-ethyl adjacent to an activating group) is 1. The maximum absolute atomic E-state index is 12.5. The number of amides is 2. The largest absolute Gasteiger partial charge is 0.377 e. The summed E-state index contributed by atoms with van der Waals surface area (Å²) in [6, 6.07) is -0.249. The van der Waals surface area contributed by atoms with E-state index in [2.05, 4.69) is 10.2 Å². The molecule has 0 bridgehead atoms. The zero-order chi connectivity index (χ0) is 15.2. The molecule has 0 saturated carbocycles. The molecule has 0 aliphatic carbocycles. The zero-order valence-corrected chi connectivity index (χ0v) is 12.7. The van der Waals surface area contributed by atoms with Crippen molar-refractivity contribution < 1.29 is 14.3 Å². The van der Waals surface area contributed by atoms with E-state index in [9.17, 15) is 9.59 Å². The van der Waals surface area contributed by atoms with Gasteiger partial charge in [-0.3, -0.25) is 14.5 Å². The lowest BCUT2D eigenvalue weighted by molar-refractivity contribution is -0.149. The summed E-state index contributed by atoms with van der Waals surface area (Å²) in [4.78, 5) is 28.3. The van der Waals surface area contributed by atoms with E-state index in [1.165, 1.54) is 0 Å². The summed E-state index contributed by atoms with van der Waals surface area (Å²) in [5, 5.41) is 2.77. The van der Waals surface area contributed by atoms with Crippen LogP contribution in [0, 0.1) is 0 Å². The molecular weight excluding hydrogens is 272 g/mol. The second-order valence-electron chi connectivity index (χ2n) is 5.69. The van der Waals surface area contributed by atoms with Crippen LogP contribution in [0.2, 0.25) is 0 Å². The fraction of sp³-hybridized carbons (Fsp3) is 0.857. The average molecular weight is 298 g/mol. The minimum atomic E-state index is -0.502. The van der Waals surface area contributed by atoms with Crippen molar-refractivity contribution >= 4 is 11.8 Å². The normalized spacial score (nSPS) is 24.9. The number of nitrogens with two attached hydrogens (primary N) is 1. The minimum absolute atomic E-state index is 0.00465. The molecule has 7 nitrogen and oxygen atoms in total. The van der Waals surface area contributed by atoms with Crippen molar-refractivity contribution in [1.29, 1.82) is 0 Å². The standard InChI is InChI=1S/C14H26N4O3/c1-2-16-14(20)12-10-21-8-7-18(12)13(19)9-17-5-3-11(15)4-6-17/h11-12H,2-10,15H2,1H3,(H,16,20). The SMILES string of the molecule is CCNC(=O)C1COCCN1C(=O)CN1CCC(N)CC1. The Labute approximate surface area is 125 Å². The number of nitrogens with zero attached hydrogens (tertiary/aromatic N) is 2. The van der Waals surface area contributed by atoms with E-state index in [4.69, 9.17) is 10.5 Å². The molecule has 120 valence electrons. The molecule has 2 aliphatic rings. The Morgan fingerprint density at radius 1 is 1.29 bits per heavy atom. The van der Waals surface area contributed by atoms with Crippen LogP contribution in [0.25, 0.3) is 0 Å². The molecule has 0 aromatic carbocycles. The molecule has 1 atom stereocenters. The third kappa shape index (κ3) is 4.39. The molecular formula is C14H26N4O3. The first-order valence-corrected chi connectivity index (χ1v) is 7.74. The van der Waals surface area contributed by atoms with Gasteiger partial charge in [-0.1, -0.05) is 0 Å². The monoisotopic (exact) mass is 298 g/mol. The van der Waals surface area contributed by atoms with Gasteiger partial charge in [0.1, 0.15) is 6.04 Å². The first-order chi connectivity index (χ1) is 10.1. The molecule has 0 aromatic rings. The maximum atomic E-state index is 12.5. The Kier molecular flexibility index (Phi) is 5.96. The van der Waals surface area contributed by atoms with Crippen molar-refractivity contribution in [1.82, 2.24) is 15.1 Å². The predicted molar refractivity (Wildman–Crippen MR) is 78.7 cm³/mol. The number of rotatable bonds is 4. The minimum Gasteiger partial charge on any atom is -0.377 e. The smallest absolute Gasteiger partial charge is 0.245 e. The van der Waals surface area contributed by atoms with E-state index in [-0.39, 0.29) is 24.5 Å².